The van der Waals surface area contributed by atoms with E-state index >= 15 is 0 Å². The van der Waals surface area contributed by atoms with Crippen molar-refractivity contribution in [3.8, 4) is 0 Å². The zero-order chi connectivity index (χ0) is 14.8. The molecule has 3 rings (SSSR count). The summed E-state index contributed by atoms with van der Waals surface area (Å²) in [5.41, 5.74) is 7.43. The number of rotatable bonds is 3. The standard InChI is InChI=1S/C15H18FN3O2/c16-13-7-10(12-8-11(9-17)18-15(12)20)1-2-14(13)19-3-5-21-6-4-19/h1-2,7,12H,3-6,8-9,17H2/t12-/m0/s1. The quantitative estimate of drug-likeness (QED) is 0.904. The van der Waals surface area contributed by atoms with Crippen LogP contribution in [0.5, 0.6) is 0 Å². The second-order valence-electron chi connectivity index (χ2n) is 5.29. The van der Waals surface area contributed by atoms with Crippen LogP contribution in [-0.2, 0) is 9.53 Å². The molecule has 112 valence electrons. The average molecular weight is 291 g/mol. The third kappa shape index (κ3) is 2.82. The van der Waals surface area contributed by atoms with Gasteiger partial charge in [-0.15, -0.1) is 0 Å². The zero-order valence-electron chi connectivity index (χ0n) is 11.7. The van der Waals surface area contributed by atoms with E-state index in [4.69, 9.17) is 10.5 Å². The Labute approximate surface area is 122 Å². The number of hydrogen-bond acceptors (Lipinski definition) is 4. The van der Waals surface area contributed by atoms with Crippen LogP contribution in [0.15, 0.2) is 23.2 Å². The maximum absolute atomic E-state index is 14.3. The largest absolute Gasteiger partial charge is 0.378 e. The average Bonchev–Trinajstić information content (AvgIpc) is 2.89. The van der Waals surface area contributed by atoms with E-state index in [0.29, 0.717) is 49.7 Å². The Balaban J connectivity index is 1.80. The van der Waals surface area contributed by atoms with Crippen molar-refractivity contribution >= 4 is 17.3 Å². The molecular formula is C15H18FN3O2. The van der Waals surface area contributed by atoms with Gasteiger partial charge in [-0.05, 0) is 17.7 Å². The summed E-state index contributed by atoms with van der Waals surface area (Å²) in [7, 11) is 0. The van der Waals surface area contributed by atoms with Crippen LogP contribution in [-0.4, -0.2) is 44.5 Å². The highest BCUT2D eigenvalue weighted by molar-refractivity contribution is 6.06. The molecule has 2 aliphatic heterocycles. The normalized spacial score (nSPS) is 22.6. The number of hydrogen-bond donors (Lipinski definition) is 1. The Morgan fingerprint density at radius 1 is 1.38 bits per heavy atom. The summed E-state index contributed by atoms with van der Waals surface area (Å²) in [6, 6.07) is 5.00. The highest BCUT2D eigenvalue weighted by Gasteiger charge is 2.29. The number of anilines is 1. The summed E-state index contributed by atoms with van der Waals surface area (Å²) < 4.78 is 19.6. The van der Waals surface area contributed by atoms with Crippen LogP contribution >= 0.6 is 0 Å². The molecule has 1 amide bonds. The zero-order valence-corrected chi connectivity index (χ0v) is 11.7. The number of carbonyl (C=O) groups is 1. The molecule has 2 N–H and O–H groups in total. The molecule has 1 saturated heterocycles. The van der Waals surface area contributed by atoms with Crippen molar-refractivity contribution in [3.05, 3.63) is 29.6 Å². The highest BCUT2D eigenvalue weighted by Crippen LogP contribution is 2.30. The van der Waals surface area contributed by atoms with Crippen LogP contribution in [0.25, 0.3) is 0 Å². The van der Waals surface area contributed by atoms with Crippen molar-refractivity contribution in [3.63, 3.8) is 0 Å². The van der Waals surface area contributed by atoms with Gasteiger partial charge in [-0.2, -0.15) is 0 Å². The third-order valence-corrected chi connectivity index (χ3v) is 3.97. The molecule has 2 heterocycles. The molecule has 21 heavy (non-hydrogen) atoms. The first-order chi connectivity index (χ1) is 10.2. The number of morpholine rings is 1. The molecule has 1 atom stereocenters. The number of amides is 1. The maximum atomic E-state index is 14.3. The van der Waals surface area contributed by atoms with Gasteiger partial charge in [0.05, 0.1) is 24.8 Å². The monoisotopic (exact) mass is 291 g/mol. The first kappa shape index (κ1) is 14.2. The lowest BCUT2D eigenvalue weighted by molar-refractivity contribution is -0.118. The number of nitrogens with zero attached hydrogens (tertiary/aromatic N) is 2. The molecule has 1 fully saturated rings. The van der Waals surface area contributed by atoms with Crippen molar-refractivity contribution in [2.45, 2.75) is 12.3 Å². The Morgan fingerprint density at radius 2 is 2.14 bits per heavy atom. The van der Waals surface area contributed by atoms with Crippen molar-refractivity contribution in [2.75, 3.05) is 37.7 Å². The summed E-state index contributed by atoms with van der Waals surface area (Å²) in [6.07, 6.45) is 0.492. The first-order valence-electron chi connectivity index (χ1n) is 7.11. The van der Waals surface area contributed by atoms with E-state index in [-0.39, 0.29) is 18.3 Å². The van der Waals surface area contributed by atoms with E-state index < -0.39 is 5.92 Å². The van der Waals surface area contributed by atoms with Gasteiger partial charge in [0.25, 0.3) is 5.91 Å². The second kappa shape index (κ2) is 5.91. The SMILES string of the molecule is NCC1=NC(=O)[C@H](c2ccc(N3CCOCC3)c(F)c2)C1. The molecule has 0 aromatic heterocycles. The number of benzene rings is 1. The van der Waals surface area contributed by atoms with Crippen molar-refractivity contribution in [2.24, 2.45) is 10.7 Å². The smallest absolute Gasteiger partial charge is 0.253 e. The number of halogens is 1. The maximum Gasteiger partial charge on any atom is 0.253 e. The van der Waals surface area contributed by atoms with Crippen molar-refractivity contribution < 1.29 is 13.9 Å². The molecule has 6 heteroatoms. The topological polar surface area (TPSA) is 67.9 Å². The minimum absolute atomic E-state index is 0.228. The fourth-order valence-electron chi connectivity index (χ4n) is 2.79. The Bertz CT molecular complexity index is 582. The van der Waals surface area contributed by atoms with Crippen LogP contribution in [0.3, 0.4) is 0 Å². The van der Waals surface area contributed by atoms with Crippen LogP contribution in [0.1, 0.15) is 17.9 Å². The molecule has 5 nitrogen and oxygen atoms in total. The molecule has 0 spiro atoms. The molecule has 1 aromatic carbocycles. The highest BCUT2D eigenvalue weighted by atomic mass is 19.1. The summed E-state index contributed by atoms with van der Waals surface area (Å²) in [6.45, 7) is 2.85. The summed E-state index contributed by atoms with van der Waals surface area (Å²) in [5, 5.41) is 0. The minimum atomic E-state index is -0.392. The van der Waals surface area contributed by atoms with Crippen LogP contribution in [0.4, 0.5) is 10.1 Å². The van der Waals surface area contributed by atoms with Gasteiger partial charge in [0, 0.05) is 31.8 Å². The lowest BCUT2D eigenvalue weighted by Crippen LogP contribution is -2.36. The summed E-state index contributed by atoms with van der Waals surface area (Å²) in [5.74, 6) is -0.922. The molecule has 2 aliphatic rings. The predicted octanol–water partition coefficient (Wildman–Crippen LogP) is 1.08. The second-order valence-corrected chi connectivity index (χ2v) is 5.29. The van der Waals surface area contributed by atoms with E-state index in [1.54, 1.807) is 6.07 Å². The summed E-state index contributed by atoms with van der Waals surface area (Å²) in [4.78, 5) is 17.7. The molecule has 0 bridgehead atoms. The lowest BCUT2D eigenvalue weighted by Gasteiger charge is -2.29. The lowest BCUT2D eigenvalue weighted by atomic mass is 9.95. The minimum Gasteiger partial charge on any atom is -0.378 e. The molecule has 0 unspecified atom stereocenters. The van der Waals surface area contributed by atoms with Crippen molar-refractivity contribution in [1.82, 2.24) is 0 Å². The van der Waals surface area contributed by atoms with E-state index in [0.717, 1.165) is 0 Å². The van der Waals surface area contributed by atoms with E-state index in [1.807, 2.05) is 11.0 Å². The van der Waals surface area contributed by atoms with Gasteiger partial charge in [-0.1, -0.05) is 6.07 Å². The molecule has 0 radical (unpaired) electrons. The molecular weight excluding hydrogens is 273 g/mol. The van der Waals surface area contributed by atoms with Gasteiger partial charge < -0.3 is 15.4 Å². The third-order valence-electron chi connectivity index (χ3n) is 3.97. The van der Waals surface area contributed by atoms with E-state index in [2.05, 4.69) is 4.99 Å². The van der Waals surface area contributed by atoms with Crippen LogP contribution in [0, 0.1) is 5.82 Å². The Hall–Kier alpha value is -1.79. The van der Waals surface area contributed by atoms with Gasteiger partial charge in [0.1, 0.15) is 5.82 Å². The summed E-state index contributed by atoms with van der Waals surface area (Å²) >= 11 is 0. The first-order valence-corrected chi connectivity index (χ1v) is 7.11. The number of aliphatic imine (C=N–C) groups is 1. The Morgan fingerprint density at radius 3 is 2.76 bits per heavy atom. The predicted molar refractivity (Wildman–Crippen MR) is 78.3 cm³/mol. The number of ether oxygens (including phenoxy) is 1. The van der Waals surface area contributed by atoms with E-state index in [1.165, 1.54) is 6.07 Å². The van der Waals surface area contributed by atoms with Gasteiger partial charge in [-0.3, -0.25) is 4.79 Å². The van der Waals surface area contributed by atoms with Gasteiger partial charge >= 0.3 is 0 Å². The van der Waals surface area contributed by atoms with Gasteiger partial charge in [-0.25, -0.2) is 9.38 Å². The van der Waals surface area contributed by atoms with Gasteiger partial charge in [0.15, 0.2) is 0 Å². The van der Waals surface area contributed by atoms with Crippen LogP contribution in [0.2, 0.25) is 0 Å². The molecule has 1 aromatic rings. The van der Waals surface area contributed by atoms with Crippen molar-refractivity contribution in [1.29, 1.82) is 0 Å². The molecule has 0 aliphatic carbocycles. The van der Waals surface area contributed by atoms with E-state index in [9.17, 15) is 9.18 Å². The fraction of sp³-hybridized carbons (Fsp3) is 0.467. The van der Waals surface area contributed by atoms with Gasteiger partial charge in [0.2, 0.25) is 0 Å². The Kier molecular flexibility index (Phi) is 3.98. The number of carbonyl (C=O) groups excluding carboxylic acids is 1. The number of nitrogens with two attached hydrogens (primary N) is 1. The molecule has 0 saturated carbocycles. The fourth-order valence-corrected chi connectivity index (χ4v) is 2.79. The van der Waals surface area contributed by atoms with Crippen LogP contribution < -0.4 is 10.6 Å².